The third kappa shape index (κ3) is 4.57. The maximum absolute atomic E-state index is 15.1. The topological polar surface area (TPSA) is 73.8 Å². The van der Waals surface area contributed by atoms with Crippen molar-refractivity contribution in [3.8, 4) is 22.9 Å². The first-order chi connectivity index (χ1) is 20.9. The molecule has 8 rings (SSSR count). The summed E-state index contributed by atoms with van der Waals surface area (Å²) in [7, 11) is 0. The van der Waals surface area contributed by atoms with Crippen LogP contribution in [0, 0.1) is 17.6 Å². The second kappa shape index (κ2) is 10.2. The molecule has 0 bridgehead atoms. The number of hydrogen-bond acceptors (Lipinski definition) is 7. The number of aromatic hydroxyl groups is 1. The summed E-state index contributed by atoms with van der Waals surface area (Å²) in [5.41, 5.74) is 1.22. The van der Waals surface area contributed by atoms with E-state index >= 15 is 4.39 Å². The number of halogens is 3. The Balaban J connectivity index is 1.22. The van der Waals surface area contributed by atoms with Gasteiger partial charge >= 0.3 is 6.01 Å². The number of phenolic OH excluding ortho intramolecular Hbond substituents is 1. The molecule has 4 aromatic rings. The van der Waals surface area contributed by atoms with Crippen LogP contribution in [0.4, 0.5) is 19.0 Å². The molecule has 3 aromatic carbocycles. The van der Waals surface area contributed by atoms with Crippen LogP contribution in [0.3, 0.4) is 0 Å². The van der Waals surface area contributed by atoms with Crippen LogP contribution >= 0.6 is 0 Å². The highest BCUT2D eigenvalue weighted by atomic mass is 19.2. The van der Waals surface area contributed by atoms with Crippen LogP contribution in [0.5, 0.6) is 11.8 Å². The number of nitrogens with one attached hydrogen (secondary N) is 1. The molecule has 5 heterocycles. The van der Waals surface area contributed by atoms with Gasteiger partial charge in [0.2, 0.25) is 0 Å². The molecule has 7 nitrogen and oxygen atoms in total. The summed E-state index contributed by atoms with van der Waals surface area (Å²) in [6, 6.07) is 11.6. The van der Waals surface area contributed by atoms with Gasteiger partial charge in [-0.05, 0) is 91.5 Å². The van der Waals surface area contributed by atoms with Crippen molar-refractivity contribution in [2.45, 2.75) is 49.9 Å². The Morgan fingerprint density at radius 3 is 2.84 bits per heavy atom. The lowest BCUT2D eigenvalue weighted by molar-refractivity contribution is 0.107. The number of hydrogen-bond donors (Lipinski definition) is 2. The van der Waals surface area contributed by atoms with Gasteiger partial charge in [0, 0.05) is 42.9 Å². The molecule has 0 spiro atoms. The lowest BCUT2D eigenvalue weighted by atomic mass is 9.94. The fourth-order valence-electron chi connectivity index (χ4n) is 8.04. The number of benzene rings is 3. The van der Waals surface area contributed by atoms with Crippen molar-refractivity contribution in [2.24, 2.45) is 5.92 Å². The van der Waals surface area contributed by atoms with E-state index in [0.717, 1.165) is 62.7 Å². The average molecular weight is 590 g/mol. The van der Waals surface area contributed by atoms with Crippen molar-refractivity contribution < 1.29 is 23.0 Å². The van der Waals surface area contributed by atoms with Crippen molar-refractivity contribution in [2.75, 3.05) is 44.2 Å². The van der Waals surface area contributed by atoms with E-state index in [4.69, 9.17) is 14.7 Å². The largest absolute Gasteiger partial charge is 0.508 e. The van der Waals surface area contributed by atoms with Crippen LogP contribution in [0.25, 0.3) is 32.8 Å². The molecule has 4 saturated heterocycles. The molecule has 0 amide bonds. The molecule has 4 atom stereocenters. The minimum atomic E-state index is -0.963. The highest BCUT2D eigenvalue weighted by Crippen LogP contribution is 2.42. The number of nitrogens with zero attached hydrogens (tertiary/aromatic N) is 4. The minimum Gasteiger partial charge on any atom is -0.508 e. The summed E-state index contributed by atoms with van der Waals surface area (Å²) in [4.78, 5) is 14.2. The number of aromatic nitrogens is 2. The molecule has 2 N–H and O–H groups in total. The second-order valence-corrected chi connectivity index (χ2v) is 12.7. The standard InChI is InChI=1S/C33H34F3N5O2/c34-22-14-33(8-2-10-41(33)16-22)18-43-32-38-27-12-19(25-13-23(42)11-20-5-7-26(35)30(36)29(20)25)4-6-24(27)31(39-32)40-15-21-3-1-9-37-28(21)17-40/h4-7,11-13,21-22,28,37,42H,1-3,8-10,14-18H2/t21-,22-,28+,33+/m1/s1. The number of ether oxygens (including phenoxy) is 1. The number of anilines is 1. The molecular formula is C33H34F3N5O2. The molecule has 10 heteroatoms. The first-order valence-corrected chi connectivity index (χ1v) is 15.3. The molecule has 43 heavy (non-hydrogen) atoms. The SMILES string of the molecule is Oc1cc(-c2ccc3c(N4C[C@H]5CCCN[C@H]5C4)nc(OC[C@@]45CCCN4C[C@H](F)C5)nc3c2)c2c(F)c(F)ccc2c1. The molecule has 0 radical (unpaired) electrons. The monoisotopic (exact) mass is 589 g/mol. The Kier molecular flexibility index (Phi) is 6.41. The summed E-state index contributed by atoms with van der Waals surface area (Å²) < 4.78 is 50.2. The van der Waals surface area contributed by atoms with Crippen molar-refractivity contribution in [3.63, 3.8) is 0 Å². The van der Waals surface area contributed by atoms with E-state index < -0.39 is 17.8 Å². The molecule has 224 valence electrons. The Bertz CT molecular complexity index is 1720. The smallest absolute Gasteiger partial charge is 0.319 e. The van der Waals surface area contributed by atoms with E-state index in [0.29, 0.717) is 53.6 Å². The van der Waals surface area contributed by atoms with Gasteiger partial charge in [0.25, 0.3) is 0 Å². The molecule has 4 aliphatic rings. The molecular weight excluding hydrogens is 555 g/mol. The van der Waals surface area contributed by atoms with Gasteiger partial charge in [-0.15, -0.1) is 0 Å². The van der Waals surface area contributed by atoms with E-state index in [2.05, 4.69) is 15.1 Å². The van der Waals surface area contributed by atoms with Crippen LogP contribution in [0.15, 0.2) is 42.5 Å². The van der Waals surface area contributed by atoms with E-state index in [9.17, 15) is 13.9 Å². The number of rotatable bonds is 5. The van der Waals surface area contributed by atoms with E-state index in [1.165, 1.54) is 24.6 Å². The number of alkyl halides is 1. The third-order valence-corrected chi connectivity index (χ3v) is 10.1. The van der Waals surface area contributed by atoms with Crippen LogP contribution in [0.2, 0.25) is 0 Å². The van der Waals surface area contributed by atoms with E-state index in [1.54, 1.807) is 0 Å². The van der Waals surface area contributed by atoms with Gasteiger partial charge in [-0.25, -0.2) is 13.2 Å². The summed E-state index contributed by atoms with van der Waals surface area (Å²) in [6.45, 7) is 4.33. The predicted octanol–water partition coefficient (Wildman–Crippen LogP) is 5.58. The maximum atomic E-state index is 15.1. The normalized spacial score (nSPS) is 27.2. The average Bonchev–Trinajstić information content (AvgIpc) is 3.69. The van der Waals surface area contributed by atoms with E-state index in [1.807, 2.05) is 18.2 Å². The third-order valence-electron chi connectivity index (χ3n) is 10.1. The minimum absolute atomic E-state index is 0.0451. The number of phenols is 1. The Hall–Kier alpha value is -3.63. The van der Waals surface area contributed by atoms with Crippen LogP contribution in [-0.4, -0.2) is 77.1 Å². The first-order valence-electron chi connectivity index (χ1n) is 15.3. The van der Waals surface area contributed by atoms with Crippen molar-refractivity contribution in [1.82, 2.24) is 20.2 Å². The fraction of sp³-hybridized carbons (Fsp3) is 0.455. The van der Waals surface area contributed by atoms with Gasteiger partial charge in [0.15, 0.2) is 11.6 Å². The fourth-order valence-corrected chi connectivity index (χ4v) is 8.04. The molecule has 4 fully saturated rings. The van der Waals surface area contributed by atoms with Crippen LogP contribution in [0.1, 0.15) is 32.1 Å². The van der Waals surface area contributed by atoms with Crippen LogP contribution < -0.4 is 15.0 Å². The summed E-state index contributed by atoms with van der Waals surface area (Å²) in [5.74, 6) is -0.653. The molecule has 0 unspecified atom stereocenters. The van der Waals surface area contributed by atoms with Gasteiger partial charge < -0.3 is 20.1 Å². The Labute approximate surface area is 247 Å². The van der Waals surface area contributed by atoms with Crippen LogP contribution in [-0.2, 0) is 0 Å². The lowest BCUT2D eigenvalue weighted by Gasteiger charge is -2.31. The maximum Gasteiger partial charge on any atom is 0.319 e. The van der Waals surface area contributed by atoms with Gasteiger partial charge in [0.05, 0.1) is 11.1 Å². The molecule has 0 aliphatic carbocycles. The lowest BCUT2D eigenvalue weighted by Crippen LogP contribution is -2.43. The second-order valence-electron chi connectivity index (χ2n) is 12.7. The highest BCUT2D eigenvalue weighted by Gasteiger charge is 2.49. The van der Waals surface area contributed by atoms with Gasteiger partial charge in [-0.1, -0.05) is 12.1 Å². The van der Waals surface area contributed by atoms with Crippen molar-refractivity contribution in [1.29, 1.82) is 0 Å². The predicted molar refractivity (Wildman–Crippen MR) is 159 cm³/mol. The van der Waals surface area contributed by atoms with Crippen molar-refractivity contribution >= 4 is 27.5 Å². The Morgan fingerprint density at radius 2 is 1.95 bits per heavy atom. The van der Waals surface area contributed by atoms with Crippen molar-refractivity contribution in [3.05, 3.63) is 54.1 Å². The zero-order valence-electron chi connectivity index (χ0n) is 23.8. The van der Waals surface area contributed by atoms with Gasteiger partial charge in [-0.3, -0.25) is 4.90 Å². The summed E-state index contributed by atoms with van der Waals surface area (Å²) in [6.07, 6.45) is 3.81. The quantitative estimate of drug-likeness (QED) is 0.315. The van der Waals surface area contributed by atoms with E-state index in [-0.39, 0.29) is 22.7 Å². The highest BCUT2D eigenvalue weighted by molar-refractivity contribution is 6.01. The summed E-state index contributed by atoms with van der Waals surface area (Å²) >= 11 is 0. The zero-order chi connectivity index (χ0) is 29.3. The molecule has 0 saturated carbocycles. The number of fused-ring (bicyclic) bond motifs is 4. The molecule has 4 aliphatic heterocycles. The first kappa shape index (κ1) is 27.0. The zero-order valence-corrected chi connectivity index (χ0v) is 23.8. The summed E-state index contributed by atoms with van der Waals surface area (Å²) in [5, 5.41) is 15.4. The number of piperidine rings is 1. The molecule has 1 aromatic heterocycles. The Morgan fingerprint density at radius 1 is 1.05 bits per heavy atom. The van der Waals surface area contributed by atoms with Gasteiger partial charge in [0.1, 0.15) is 24.3 Å². The van der Waals surface area contributed by atoms with Gasteiger partial charge in [-0.2, -0.15) is 9.97 Å².